The third-order valence-electron chi connectivity index (χ3n) is 5.39. The number of methoxy groups -OCH3 is 1. The maximum absolute atomic E-state index is 13.4. The molecule has 1 aromatic heterocycles. The van der Waals surface area contributed by atoms with Crippen LogP contribution in [0.2, 0.25) is 0 Å². The van der Waals surface area contributed by atoms with Crippen molar-refractivity contribution in [2.24, 2.45) is 7.05 Å². The molecule has 1 aromatic carbocycles. The molecular weight excluding hydrogens is 393 g/mol. The molecule has 0 spiro atoms. The van der Waals surface area contributed by atoms with Crippen LogP contribution in [0.1, 0.15) is 54.1 Å². The highest BCUT2D eigenvalue weighted by molar-refractivity contribution is 5.96. The summed E-state index contributed by atoms with van der Waals surface area (Å²) in [5, 5.41) is 10.3. The molecule has 2 aromatic rings. The zero-order valence-corrected chi connectivity index (χ0v) is 17.1. The Bertz CT molecular complexity index is 1050. The number of hydrogen-bond donors (Lipinski definition) is 1. The standard InChI is InChI=1S/C21H24FN3O5/c1-12(26)25-10-4-5-15(25)20-23-18(19(28)21(29)24(20)2)16(27)9-7-13-6-8-14(22)11-17(13)30-3/h6,8,11,15,28H,4-5,7,9-10H2,1-3H3/t15-/m0/s1. The molecule has 30 heavy (non-hydrogen) atoms. The van der Waals surface area contributed by atoms with Crippen LogP contribution in [-0.2, 0) is 18.3 Å². The van der Waals surface area contributed by atoms with Gasteiger partial charge in [0, 0.05) is 33.0 Å². The molecule has 0 saturated carbocycles. The van der Waals surface area contributed by atoms with Crippen molar-refractivity contribution in [3.05, 3.63) is 51.5 Å². The minimum Gasteiger partial charge on any atom is -0.501 e. The van der Waals surface area contributed by atoms with Crippen LogP contribution in [0.4, 0.5) is 4.39 Å². The van der Waals surface area contributed by atoms with Gasteiger partial charge in [0.25, 0.3) is 5.56 Å². The van der Waals surface area contributed by atoms with Crippen molar-refractivity contribution in [1.29, 1.82) is 0 Å². The van der Waals surface area contributed by atoms with Crippen molar-refractivity contribution >= 4 is 11.7 Å². The summed E-state index contributed by atoms with van der Waals surface area (Å²) in [5.74, 6) is -1.25. The minimum atomic E-state index is -0.738. The zero-order valence-electron chi connectivity index (χ0n) is 17.1. The van der Waals surface area contributed by atoms with Crippen molar-refractivity contribution in [3.8, 4) is 11.5 Å². The summed E-state index contributed by atoms with van der Waals surface area (Å²) >= 11 is 0. The van der Waals surface area contributed by atoms with Crippen molar-refractivity contribution in [1.82, 2.24) is 14.5 Å². The number of aromatic nitrogens is 2. The summed E-state index contributed by atoms with van der Waals surface area (Å²) in [5.41, 5.74) is -0.433. The second-order valence-electron chi connectivity index (χ2n) is 7.28. The molecule has 1 saturated heterocycles. The Labute approximate surface area is 172 Å². The molecule has 1 atom stereocenters. The molecule has 1 N–H and O–H groups in total. The van der Waals surface area contributed by atoms with Crippen LogP contribution >= 0.6 is 0 Å². The first kappa shape index (κ1) is 21.5. The van der Waals surface area contributed by atoms with Crippen LogP contribution in [0.25, 0.3) is 0 Å². The van der Waals surface area contributed by atoms with Crippen LogP contribution in [0.15, 0.2) is 23.0 Å². The smallest absolute Gasteiger partial charge is 0.296 e. The van der Waals surface area contributed by atoms with Gasteiger partial charge in [-0.2, -0.15) is 0 Å². The van der Waals surface area contributed by atoms with Crippen molar-refractivity contribution in [2.75, 3.05) is 13.7 Å². The van der Waals surface area contributed by atoms with Crippen LogP contribution in [-0.4, -0.2) is 44.9 Å². The summed E-state index contributed by atoms with van der Waals surface area (Å²) in [4.78, 5) is 43.1. The molecule has 9 heteroatoms. The number of benzene rings is 1. The number of rotatable bonds is 6. The normalized spacial score (nSPS) is 16.0. The molecule has 0 radical (unpaired) electrons. The van der Waals surface area contributed by atoms with Gasteiger partial charge in [0.15, 0.2) is 11.5 Å². The fourth-order valence-corrected chi connectivity index (χ4v) is 3.80. The Hall–Kier alpha value is -3.23. The predicted octanol–water partition coefficient (Wildman–Crippen LogP) is 2.13. The van der Waals surface area contributed by atoms with E-state index < -0.39 is 29.0 Å². The lowest BCUT2D eigenvalue weighted by molar-refractivity contribution is -0.129. The Morgan fingerprint density at radius 3 is 2.77 bits per heavy atom. The first-order valence-corrected chi connectivity index (χ1v) is 9.67. The second-order valence-corrected chi connectivity index (χ2v) is 7.28. The van der Waals surface area contributed by atoms with Gasteiger partial charge in [-0.25, -0.2) is 9.37 Å². The molecule has 3 rings (SSSR count). The number of ketones is 1. The van der Waals surface area contributed by atoms with E-state index in [4.69, 9.17) is 4.74 Å². The van der Waals surface area contributed by atoms with Crippen LogP contribution < -0.4 is 10.3 Å². The maximum atomic E-state index is 13.4. The van der Waals surface area contributed by atoms with Gasteiger partial charge in [-0.1, -0.05) is 6.07 Å². The summed E-state index contributed by atoms with van der Waals surface area (Å²) in [6.07, 6.45) is 1.53. The Morgan fingerprint density at radius 1 is 1.37 bits per heavy atom. The number of carbonyl (C=O) groups is 2. The number of halogens is 1. The fraction of sp³-hybridized carbons (Fsp3) is 0.429. The lowest BCUT2D eigenvalue weighted by Crippen LogP contribution is -2.34. The summed E-state index contributed by atoms with van der Waals surface area (Å²) in [6.45, 7) is 1.99. The number of ether oxygens (including phenoxy) is 1. The average Bonchev–Trinajstić information content (AvgIpc) is 3.21. The van der Waals surface area contributed by atoms with Gasteiger partial charge in [-0.05, 0) is 30.9 Å². The van der Waals surface area contributed by atoms with E-state index in [2.05, 4.69) is 4.98 Å². The van der Waals surface area contributed by atoms with Crippen molar-refractivity contribution < 1.29 is 23.8 Å². The second kappa shape index (κ2) is 8.64. The summed E-state index contributed by atoms with van der Waals surface area (Å²) in [7, 11) is 2.86. The SMILES string of the molecule is COc1cc(F)ccc1CCC(=O)c1nc([C@@H]2CCCN2C(C)=O)n(C)c(=O)c1O. The molecule has 0 unspecified atom stereocenters. The van der Waals surface area contributed by atoms with Gasteiger partial charge in [-0.15, -0.1) is 0 Å². The number of aromatic hydroxyl groups is 1. The molecule has 1 aliphatic rings. The first-order valence-electron chi connectivity index (χ1n) is 9.67. The first-order chi connectivity index (χ1) is 14.2. The van der Waals surface area contributed by atoms with E-state index in [0.29, 0.717) is 24.3 Å². The number of amides is 1. The molecule has 160 valence electrons. The van der Waals surface area contributed by atoms with Crippen LogP contribution in [0.5, 0.6) is 11.5 Å². The molecule has 2 heterocycles. The van der Waals surface area contributed by atoms with Gasteiger partial charge in [-0.3, -0.25) is 19.0 Å². The van der Waals surface area contributed by atoms with E-state index in [-0.39, 0.29) is 30.3 Å². The topological polar surface area (TPSA) is 102 Å². The molecule has 1 aliphatic heterocycles. The van der Waals surface area contributed by atoms with E-state index in [0.717, 1.165) is 6.42 Å². The molecule has 1 amide bonds. The number of carbonyl (C=O) groups excluding carboxylic acids is 2. The monoisotopic (exact) mass is 417 g/mol. The highest BCUT2D eigenvalue weighted by Gasteiger charge is 2.33. The Balaban J connectivity index is 1.90. The average molecular weight is 417 g/mol. The number of likely N-dealkylation sites (tertiary alicyclic amines) is 1. The van der Waals surface area contributed by atoms with E-state index in [1.54, 1.807) is 4.90 Å². The van der Waals surface area contributed by atoms with Crippen LogP contribution in [0.3, 0.4) is 0 Å². The molecule has 0 aliphatic carbocycles. The molecule has 0 bridgehead atoms. The minimum absolute atomic E-state index is 0.0593. The predicted molar refractivity (Wildman–Crippen MR) is 106 cm³/mol. The van der Waals surface area contributed by atoms with Gasteiger partial charge in [0.05, 0.1) is 13.2 Å². The summed E-state index contributed by atoms with van der Waals surface area (Å²) < 4.78 is 19.7. The maximum Gasteiger partial charge on any atom is 0.296 e. The Kier molecular flexibility index (Phi) is 6.19. The highest BCUT2D eigenvalue weighted by Crippen LogP contribution is 2.31. The Morgan fingerprint density at radius 2 is 2.10 bits per heavy atom. The van der Waals surface area contributed by atoms with E-state index in [9.17, 15) is 23.9 Å². The van der Waals surface area contributed by atoms with Gasteiger partial charge in [0.2, 0.25) is 11.7 Å². The molecule has 1 fully saturated rings. The van der Waals surface area contributed by atoms with Gasteiger partial charge in [0.1, 0.15) is 17.4 Å². The quantitative estimate of drug-likeness (QED) is 0.723. The van der Waals surface area contributed by atoms with E-state index >= 15 is 0 Å². The zero-order chi connectivity index (χ0) is 22.0. The van der Waals surface area contributed by atoms with Gasteiger partial charge < -0.3 is 14.7 Å². The number of hydrogen-bond acceptors (Lipinski definition) is 6. The van der Waals surface area contributed by atoms with E-state index in [1.807, 2.05) is 0 Å². The number of nitrogens with zero attached hydrogens (tertiary/aromatic N) is 3. The lowest BCUT2D eigenvalue weighted by Gasteiger charge is -2.24. The number of aryl methyl sites for hydroxylation is 1. The third kappa shape index (κ3) is 4.05. The molecule has 8 nitrogen and oxygen atoms in total. The largest absolute Gasteiger partial charge is 0.501 e. The van der Waals surface area contributed by atoms with Crippen LogP contribution in [0, 0.1) is 5.82 Å². The number of Topliss-reactive ketones (excluding diaryl/α,β-unsaturated/α-hetero) is 1. The van der Waals surface area contributed by atoms with Crippen molar-refractivity contribution in [3.63, 3.8) is 0 Å². The lowest BCUT2D eigenvalue weighted by atomic mass is 10.0. The summed E-state index contributed by atoms with van der Waals surface area (Å²) in [6, 6.07) is 3.59. The van der Waals surface area contributed by atoms with E-state index in [1.165, 1.54) is 43.8 Å². The fourth-order valence-electron chi connectivity index (χ4n) is 3.80. The van der Waals surface area contributed by atoms with Gasteiger partial charge >= 0.3 is 0 Å². The van der Waals surface area contributed by atoms with Crippen molar-refractivity contribution in [2.45, 2.75) is 38.6 Å². The third-order valence-corrected chi connectivity index (χ3v) is 5.39. The highest BCUT2D eigenvalue weighted by atomic mass is 19.1. The molecular formula is C21H24FN3O5.